The van der Waals surface area contributed by atoms with Crippen LogP contribution in [0, 0.1) is 0 Å². The van der Waals surface area contributed by atoms with E-state index in [9.17, 15) is 4.79 Å². The van der Waals surface area contributed by atoms with Crippen LogP contribution >= 0.6 is 0 Å². The van der Waals surface area contributed by atoms with Gasteiger partial charge in [-0.15, -0.1) is 0 Å². The molecule has 5 heteroatoms. The van der Waals surface area contributed by atoms with Gasteiger partial charge in [-0.25, -0.2) is 0 Å². The van der Waals surface area contributed by atoms with Crippen LogP contribution in [0.2, 0.25) is 0 Å². The minimum Gasteiger partial charge on any atom is -0.392 e. The molecule has 1 aromatic rings. The van der Waals surface area contributed by atoms with E-state index in [1.807, 2.05) is 43.0 Å². The van der Waals surface area contributed by atoms with Crippen molar-refractivity contribution >= 4 is 11.6 Å². The van der Waals surface area contributed by atoms with E-state index in [2.05, 4.69) is 5.32 Å². The summed E-state index contributed by atoms with van der Waals surface area (Å²) < 4.78 is 5.62. The first-order valence-corrected chi connectivity index (χ1v) is 6.95. The lowest BCUT2D eigenvalue weighted by molar-refractivity contribution is -0.141. The number of nitrogens with zero attached hydrogens (tertiary/aromatic N) is 1. The Hall–Kier alpha value is -1.59. The van der Waals surface area contributed by atoms with Crippen molar-refractivity contribution in [1.29, 1.82) is 0 Å². The van der Waals surface area contributed by atoms with Gasteiger partial charge in [-0.3, -0.25) is 4.79 Å². The van der Waals surface area contributed by atoms with Crippen molar-refractivity contribution < 1.29 is 14.6 Å². The Kier molecular flexibility index (Phi) is 4.98. The standard InChI is InChI=1S/C15H22N2O3/c1-11-8-17(9-12(2)20-11)15(19)7-16-14-5-3-4-13(6-14)10-18/h3-6,11-12,16,18H,7-10H2,1-2H3. The molecule has 0 aliphatic carbocycles. The lowest BCUT2D eigenvalue weighted by Crippen LogP contribution is -2.49. The number of nitrogens with one attached hydrogen (secondary N) is 1. The molecule has 1 fully saturated rings. The summed E-state index contributed by atoms with van der Waals surface area (Å²) in [7, 11) is 0. The van der Waals surface area contributed by atoms with E-state index < -0.39 is 0 Å². The molecular formula is C15H22N2O3. The number of carbonyl (C=O) groups is 1. The van der Waals surface area contributed by atoms with Crippen LogP contribution < -0.4 is 5.32 Å². The first-order valence-electron chi connectivity index (χ1n) is 6.95. The molecule has 1 saturated heterocycles. The van der Waals surface area contributed by atoms with Crippen LogP contribution in [0.3, 0.4) is 0 Å². The number of benzene rings is 1. The number of hydrogen-bond acceptors (Lipinski definition) is 4. The number of hydrogen-bond donors (Lipinski definition) is 2. The molecule has 0 saturated carbocycles. The number of aliphatic hydroxyl groups is 1. The number of carbonyl (C=O) groups excluding carboxylic acids is 1. The van der Waals surface area contributed by atoms with Gasteiger partial charge in [0.1, 0.15) is 0 Å². The molecule has 1 heterocycles. The number of rotatable bonds is 4. The SMILES string of the molecule is CC1CN(C(=O)CNc2cccc(CO)c2)CC(C)O1. The molecule has 2 rings (SSSR count). The molecule has 1 amide bonds. The van der Waals surface area contributed by atoms with E-state index in [-0.39, 0.29) is 31.3 Å². The van der Waals surface area contributed by atoms with Crippen LogP contribution in [-0.4, -0.2) is 47.8 Å². The van der Waals surface area contributed by atoms with Gasteiger partial charge < -0.3 is 20.1 Å². The van der Waals surface area contributed by atoms with Crippen LogP contribution in [-0.2, 0) is 16.1 Å². The Bertz CT molecular complexity index is 454. The normalized spacial score (nSPS) is 22.6. The first kappa shape index (κ1) is 14.8. The Morgan fingerprint density at radius 2 is 2.10 bits per heavy atom. The fourth-order valence-corrected chi connectivity index (χ4v) is 2.45. The van der Waals surface area contributed by atoms with Gasteiger partial charge in [0.05, 0.1) is 25.4 Å². The maximum absolute atomic E-state index is 12.2. The maximum Gasteiger partial charge on any atom is 0.242 e. The van der Waals surface area contributed by atoms with Crippen LogP contribution in [0.15, 0.2) is 24.3 Å². The molecule has 2 unspecified atom stereocenters. The first-order chi connectivity index (χ1) is 9.58. The van der Waals surface area contributed by atoms with Gasteiger partial charge in [0, 0.05) is 18.8 Å². The fraction of sp³-hybridized carbons (Fsp3) is 0.533. The molecule has 1 aliphatic heterocycles. The molecule has 1 aromatic carbocycles. The van der Waals surface area contributed by atoms with Gasteiger partial charge in [-0.1, -0.05) is 12.1 Å². The lowest BCUT2D eigenvalue weighted by atomic mass is 10.2. The Morgan fingerprint density at radius 3 is 2.75 bits per heavy atom. The monoisotopic (exact) mass is 278 g/mol. The molecule has 5 nitrogen and oxygen atoms in total. The zero-order chi connectivity index (χ0) is 14.5. The van der Waals surface area contributed by atoms with Crippen molar-refractivity contribution in [2.45, 2.75) is 32.7 Å². The predicted molar refractivity (Wildman–Crippen MR) is 77.4 cm³/mol. The van der Waals surface area contributed by atoms with Gasteiger partial charge >= 0.3 is 0 Å². The van der Waals surface area contributed by atoms with Crippen molar-refractivity contribution in [2.75, 3.05) is 25.0 Å². The second kappa shape index (κ2) is 6.72. The minimum atomic E-state index is 0.00194. The van der Waals surface area contributed by atoms with Gasteiger partial charge in [-0.2, -0.15) is 0 Å². The summed E-state index contributed by atoms with van der Waals surface area (Å²) in [5.74, 6) is 0.0707. The highest BCUT2D eigenvalue weighted by Crippen LogP contribution is 2.13. The molecule has 20 heavy (non-hydrogen) atoms. The van der Waals surface area contributed by atoms with Crippen molar-refractivity contribution in [3.05, 3.63) is 29.8 Å². The number of amides is 1. The fourth-order valence-electron chi connectivity index (χ4n) is 2.45. The summed E-state index contributed by atoms with van der Waals surface area (Å²) in [6.45, 7) is 5.50. The van der Waals surface area contributed by atoms with Crippen molar-refractivity contribution in [3.63, 3.8) is 0 Å². The van der Waals surface area contributed by atoms with Crippen LogP contribution in [0.25, 0.3) is 0 Å². The Balaban J connectivity index is 1.88. The molecular weight excluding hydrogens is 256 g/mol. The van der Waals surface area contributed by atoms with E-state index in [1.54, 1.807) is 0 Å². The lowest BCUT2D eigenvalue weighted by Gasteiger charge is -2.35. The highest BCUT2D eigenvalue weighted by molar-refractivity contribution is 5.81. The van der Waals surface area contributed by atoms with Gasteiger partial charge in [0.25, 0.3) is 0 Å². The summed E-state index contributed by atoms with van der Waals surface area (Å²) >= 11 is 0. The van der Waals surface area contributed by atoms with E-state index >= 15 is 0 Å². The number of anilines is 1. The summed E-state index contributed by atoms with van der Waals surface area (Å²) in [5.41, 5.74) is 1.68. The smallest absolute Gasteiger partial charge is 0.242 e. The zero-order valence-corrected chi connectivity index (χ0v) is 12.0. The van der Waals surface area contributed by atoms with Crippen LogP contribution in [0.4, 0.5) is 5.69 Å². The van der Waals surface area contributed by atoms with E-state index in [1.165, 1.54) is 0 Å². The van der Waals surface area contributed by atoms with Gasteiger partial charge in [0.15, 0.2) is 0 Å². The third kappa shape index (κ3) is 3.95. The second-order valence-electron chi connectivity index (χ2n) is 5.27. The number of morpholine rings is 1. The quantitative estimate of drug-likeness (QED) is 0.869. The van der Waals surface area contributed by atoms with Crippen molar-refractivity contribution in [1.82, 2.24) is 4.90 Å². The highest BCUT2D eigenvalue weighted by atomic mass is 16.5. The molecule has 1 aliphatic rings. The summed E-state index contributed by atoms with van der Waals surface area (Å²) in [5, 5.41) is 12.2. The van der Waals surface area contributed by atoms with Crippen LogP contribution in [0.5, 0.6) is 0 Å². The highest BCUT2D eigenvalue weighted by Gasteiger charge is 2.25. The summed E-state index contributed by atoms with van der Waals surface area (Å²) in [4.78, 5) is 14.0. The molecule has 0 bridgehead atoms. The molecule has 0 radical (unpaired) electrons. The number of aliphatic hydroxyl groups excluding tert-OH is 1. The average molecular weight is 278 g/mol. The second-order valence-corrected chi connectivity index (χ2v) is 5.27. The molecule has 110 valence electrons. The van der Waals surface area contributed by atoms with Crippen molar-refractivity contribution in [2.24, 2.45) is 0 Å². The average Bonchev–Trinajstić information content (AvgIpc) is 2.44. The zero-order valence-electron chi connectivity index (χ0n) is 12.0. The molecule has 0 aromatic heterocycles. The van der Waals surface area contributed by atoms with Crippen molar-refractivity contribution in [3.8, 4) is 0 Å². The predicted octanol–water partition coefficient (Wildman–Crippen LogP) is 1.23. The topological polar surface area (TPSA) is 61.8 Å². The third-order valence-electron chi connectivity index (χ3n) is 3.33. The molecule has 0 spiro atoms. The number of ether oxygens (including phenoxy) is 1. The van der Waals surface area contributed by atoms with E-state index in [0.29, 0.717) is 13.1 Å². The Labute approximate surface area is 119 Å². The van der Waals surface area contributed by atoms with E-state index in [4.69, 9.17) is 9.84 Å². The maximum atomic E-state index is 12.2. The molecule has 2 atom stereocenters. The van der Waals surface area contributed by atoms with Crippen LogP contribution in [0.1, 0.15) is 19.4 Å². The summed E-state index contributed by atoms with van der Waals surface area (Å²) in [6, 6.07) is 7.43. The minimum absolute atomic E-state index is 0.00194. The van der Waals surface area contributed by atoms with Gasteiger partial charge in [-0.05, 0) is 31.5 Å². The Morgan fingerprint density at radius 1 is 1.40 bits per heavy atom. The van der Waals surface area contributed by atoms with Gasteiger partial charge in [0.2, 0.25) is 5.91 Å². The largest absolute Gasteiger partial charge is 0.392 e. The molecule has 2 N–H and O–H groups in total. The van der Waals surface area contributed by atoms with E-state index in [0.717, 1.165) is 11.3 Å². The third-order valence-corrected chi connectivity index (χ3v) is 3.33. The summed E-state index contributed by atoms with van der Waals surface area (Å²) in [6.07, 6.45) is 0.167.